The number of carboxylic acids is 1. The molecule has 0 unspecified atom stereocenters. The van der Waals surface area contributed by atoms with Crippen LogP contribution in [0.3, 0.4) is 0 Å². The van der Waals surface area contributed by atoms with E-state index in [0.29, 0.717) is 27.9 Å². The van der Waals surface area contributed by atoms with Crippen molar-refractivity contribution in [3.05, 3.63) is 71.4 Å². The molecule has 1 heterocycles. The first-order chi connectivity index (χ1) is 17.5. The summed E-state index contributed by atoms with van der Waals surface area (Å²) in [5.41, 5.74) is 1.58. The van der Waals surface area contributed by atoms with Gasteiger partial charge in [0.05, 0.1) is 26.3 Å². The predicted molar refractivity (Wildman–Crippen MR) is 135 cm³/mol. The van der Waals surface area contributed by atoms with Gasteiger partial charge in [-0.2, -0.15) is 0 Å². The Morgan fingerprint density at radius 2 is 1.62 bits per heavy atom. The summed E-state index contributed by atoms with van der Waals surface area (Å²) >= 11 is 0. The van der Waals surface area contributed by atoms with E-state index in [0.717, 1.165) is 6.07 Å². The number of hydrogen-bond acceptors (Lipinski definition) is 5. The van der Waals surface area contributed by atoms with Crippen LogP contribution >= 0.6 is 0 Å². The van der Waals surface area contributed by atoms with Crippen LogP contribution in [0.1, 0.15) is 29.9 Å². The van der Waals surface area contributed by atoms with Gasteiger partial charge in [0.1, 0.15) is 11.3 Å². The molecule has 9 heteroatoms. The minimum absolute atomic E-state index is 0.0210. The highest BCUT2D eigenvalue weighted by atomic mass is 19.1. The highest BCUT2D eigenvalue weighted by Crippen LogP contribution is 2.47. The molecule has 0 amide bonds. The monoisotopic (exact) mass is 511 g/mol. The molecule has 0 saturated heterocycles. The zero-order chi connectivity index (χ0) is 27.1. The molecule has 37 heavy (non-hydrogen) atoms. The van der Waals surface area contributed by atoms with E-state index < -0.39 is 28.8 Å². The Labute approximate surface area is 212 Å². The molecule has 0 spiro atoms. The maximum atomic E-state index is 14.8. The second-order valence-electron chi connectivity index (χ2n) is 9.21. The first-order valence-electron chi connectivity index (χ1n) is 11.4. The third-order valence-corrected chi connectivity index (χ3v) is 6.32. The molecule has 0 atom stereocenters. The number of hydrogen-bond donors (Lipinski definition) is 2. The van der Waals surface area contributed by atoms with Crippen LogP contribution in [-0.4, -0.2) is 48.7 Å². The van der Waals surface area contributed by atoms with Crippen LogP contribution < -0.4 is 9.47 Å². The standard InChI is InChI=1S/C28H27F2NO6/c1-28(2,14-35-3)26-23(15-6-10-19(29)22(12-15)37-5)18-9-11-20(30)25(32)24(18)31(26)16-7-8-17(27(33)34)21(13-16)36-4/h6-13,32H,14H2,1-5H3,(H,33,34). The third kappa shape index (κ3) is 4.35. The lowest BCUT2D eigenvalue weighted by Crippen LogP contribution is -2.27. The second kappa shape index (κ2) is 9.74. The third-order valence-electron chi connectivity index (χ3n) is 6.32. The number of nitrogens with zero attached hydrogens (tertiary/aromatic N) is 1. The van der Waals surface area contributed by atoms with Gasteiger partial charge in [-0.05, 0) is 42.0 Å². The van der Waals surface area contributed by atoms with Crippen LogP contribution in [0.2, 0.25) is 0 Å². The zero-order valence-electron chi connectivity index (χ0n) is 21.1. The van der Waals surface area contributed by atoms with Crippen molar-refractivity contribution in [1.29, 1.82) is 0 Å². The number of halogens is 2. The fraction of sp³-hybridized carbons (Fsp3) is 0.250. The van der Waals surface area contributed by atoms with Gasteiger partial charge in [-0.3, -0.25) is 0 Å². The molecule has 0 aliphatic carbocycles. The van der Waals surface area contributed by atoms with E-state index in [1.54, 1.807) is 29.9 Å². The Balaban J connectivity index is 2.22. The van der Waals surface area contributed by atoms with Crippen LogP contribution in [0.25, 0.3) is 27.7 Å². The molecule has 194 valence electrons. The van der Waals surface area contributed by atoms with Gasteiger partial charge >= 0.3 is 5.97 Å². The Kier molecular flexibility index (Phi) is 6.84. The van der Waals surface area contributed by atoms with E-state index in [-0.39, 0.29) is 29.2 Å². The molecule has 0 bridgehead atoms. The molecule has 0 saturated carbocycles. The van der Waals surface area contributed by atoms with Crippen molar-refractivity contribution in [3.63, 3.8) is 0 Å². The van der Waals surface area contributed by atoms with Gasteiger partial charge in [-0.1, -0.05) is 19.9 Å². The van der Waals surface area contributed by atoms with Crippen molar-refractivity contribution >= 4 is 16.9 Å². The fourth-order valence-corrected chi connectivity index (χ4v) is 4.77. The van der Waals surface area contributed by atoms with E-state index in [9.17, 15) is 23.8 Å². The van der Waals surface area contributed by atoms with E-state index in [2.05, 4.69) is 0 Å². The number of methoxy groups -OCH3 is 3. The maximum Gasteiger partial charge on any atom is 0.339 e. The summed E-state index contributed by atoms with van der Waals surface area (Å²) in [4.78, 5) is 11.7. The Morgan fingerprint density at radius 3 is 2.24 bits per heavy atom. The van der Waals surface area contributed by atoms with Crippen LogP contribution in [-0.2, 0) is 10.2 Å². The van der Waals surface area contributed by atoms with E-state index in [1.165, 1.54) is 38.5 Å². The van der Waals surface area contributed by atoms with Gasteiger partial charge in [0, 0.05) is 40.9 Å². The summed E-state index contributed by atoms with van der Waals surface area (Å²) in [5, 5.41) is 21.0. The topological polar surface area (TPSA) is 90.2 Å². The largest absolute Gasteiger partial charge is 0.503 e. The maximum absolute atomic E-state index is 14.8. The molecular formula is C28H27F2NO6. The number of benzene rings is 3. The number of carbonyl (C=O) groups is 1. The average molecular weight is 512 g/mol. The van der Waals surface area contributed by atoms with Crippen molar-refractivity contribution < 1.29 is 38.0 Å². The number of phenolic OH excluding ortho intramolecular Hbond substituents is 1. The van der Waals surface area contributed by atoms with Crippen LogP contribution in [0.15, 0.2) is 48.5 Å². The van der Waals surface area contributed by atoms with Crippen molar-refractivity contribution in [2.75, 3.05) is 27.9 Å². The molecule has 3 aromatic carbocycles. The summed E-state index contributed by atoms with van der Waals surface area (Å²) in [5.74, 6) is -3.03. The average Bonchev–Trinajstić information content (AvgIpc) is 3.23. The molecule has 2 N–H and O–H groups in total. The zero-order valence-corrected chi connectivity index (χ0v) is 21.1. The molecule has 4 rings (SSSR count). The fourth-order valence-electron chi connectivity index (χ4n) is 4.77. The van der Waals surface area contributed by atoms with Gasteiger partial charge in [0.15, 0.2) is 23.1 Å². The van der Waals surface area contributed by atoms with E-state index in [1.807, 2.05) is 13.8 Å². The predicted octanol–water partition coefficient (Wildman–Crippen LogP) is 5.92. The number of aromatic hydroxyl groups is 1. The normalized spacial score (nSPS) is 11.6. The van der Waals surface area contributed by atoms with Crippen LogP contribution in [0.4, 0.5) is 8.78 Å². The number of ether oxygens (including phenoxy) is 3. The summed E-state index contributed by atoms with van der Waals surface area (Å²) in [6, 6.07) is 11.5. The molecule has 1 aromatic heterocycles. The highest BCUT2D eigenvalue weighted by Gasteiger charge is 2.34. The highest BCUT2D eigenvalue weighted by molar-refractivity contribution is 6.03. The molecule has 0 radical (unpaired) electrons. The molecule has 0 fully saturated rings. The summed E-state index contributed by atoms with van der Waals surface area (Å²) in [6.07, 6.45) is 0. The number of phenols is 1. The van der Waals surface area contributed by atoms with Gasteiger partial charge in [-0.25, -0.2) is 13.6 Å². The Morgan fingerprint density at radius 1 is 0.946 bits per heavy atom. The molecule has 7 nitrogen and oxygen atoms in total. The quantitative estimate of drug-likeness (QED) is 0.305. The summed E-state index contributed by atoms with van der Waals surface area (Å²) in [6.45, 7) is 4.08. The minimum Gasteiger partial charge on any atom is -0.503 e. The lowest BCUT2D eigenvalue weighted by atomic mass is 9.84. The molecular weight excluding hydrogens is 484 g/mol. The van der Waals surface area contributed by atoms with E-state index >= 15 is 0 Å². The first-order valence-corrected chi connectivity index (χ1v) is 11.4. The van der Waals surface area contributed by atoms with E-state index in [4.69, 9.17) is 14.2 Å². The lowest BCUT2D eigenvalue weighted by Gasteiger charge is -2.28. The molecule has 0 aliphatic heterocycles. The van der Waals surface area contributed by atoms with Gasteiger partial charge in [-0.15, -0.1) is 0 Å². The number of fused-ring (bicyclic) bond motifs is 1. The van der Waals surface area contributed by atoms with Crippen molar-refractivity contribution in [1.82, 2.24) is 4.57 Å². The summed E-state index contributed by atoms with van der Waals surface area (Å²) < 4.78 is 46.8. The number of aromatic nitrogens is 1. The van der Waals surface area contributed by atoms with Crippen molar-refractivity contribution in [2.45, 2.75) is 19.3 Å². The SMILES string of the molecule is COCC(C)(C)c1c(-c2ccc(F)c(OC)c2)c2ccc(F)c(O)c2n1-c1ccc(C(=O)O)c(OC)c1. The van der Waals surface area contributed by atoms with Crippen molar-refractivity contribution in [2.24, 2.45) is 0 Å². The summed E-state index contributed by atoms with van der Waals surface area (Å²) in [7, 11) is 4.26. The molecule has 0 aliphatic rings. The lowest BCUT2D eigenvalue weighted by molar-refractivity contribution is 0.0693. The number of carboxylic acid groups (broad SMARTS) is 1. The number of rotatable bonds is 8. The minimum atomic E-state index is -1.17. The van der Waals surface area contributed by atoms with Crippen LogP contribution in [0, 0.1) is 11.6 Å². The Hall–Kier alpha value is -4.11. The van der Waals surface area contributed by atoms with Crippen LogP contribution in [0.5, 0.6) is 17.2 Å². The first kappa shape index (κ1) is 26.0. The number of aromatic carboxylic acids is 1. The Bertz CT molecular complexity index is 1510. The smallest absolute Gasteiger partial charge is 0.339 e. The van der Waals surface area contributed by atoms with Gasteiger partial charge in [0.25, 0.3) is 0 Å². The van der Waals surface area contributed by atoms with Gasteiger partial charge < -0.3 is 29.0 Å². The van der Waals surface area contributed by atoms with Crippen molar-refractivity contribution in [3.8, 4) is 34.1 Å². The second-order valence-corrected chi connectivity index (χ2v) is 9.21. The molecule has 4 aromatic rings. The van der Waals surface area contributed by atoms with Gasteiger partial charge in [0.2, 0.25) is 0 Å².